The summed E-state index contributed by atoms with van der Waals surface area (Å²) in [5.41, 5.74) is 3.34. The fraction of sp³-hybridized carbons (Fsp3) is 1.00. The van der Waals surface area contributed by atoms with Crippen molar-refractivity contribution in [2.45, 2.75) is 25.5 Å². The molecule has 0 aliphatic carbocycles. The molecule has 0 aromatic carbocycles. The van der Waals surface area contributed by atoms with E-state index in [9.17, 15) is 0 Å². The van der Waals surface area contributed by atoms with Crippen LogP contribution in [-0.4, -0.2) is 30.3 Å². The lowest BCUT2D eigenvalue weighted by Gasteiger charge is -2.25. The number of hydrogen-bond donors (Lipinski definition) is 2. The Hall–Kier alpha value is 0.230. The van der Waals surface area contributed by atoms with Crippen LogP contribution < -0.4 is 10.3 Å². The summed E-state index contributed by atoms with van der Waals surface area (Å²) in [5, 5.41) is 2.08. The van der Waals surface area contributed by atoms with Crippen LogP contribution in [-0.2, 0) is 12.6 Å². The molecule has 0 aromatic rings. The molecule has 3 nitrogen and oxygen atoms in total. The molecule has 1 fully saturated rings. The quantitative estimate of drug-likeness (QED) is 0.458. The van der Waals surface area contributed by atoms with Crippen LogP contribution in [0.15, 0.2) is 0 Å². The molecule has 1 aliphatic rings. The molecule has 1 saturated heterocycles. The number of rotatable bonds is 1. The predicted octanol–water partition coefficient (Wildman–Crippen LogP) is -1.48. The normalized spacial score (nSPS) is 42.6. The summed E-state index contributed by atoms with van der Waals surface area (Å²) in [5.74, 6) is 0. The standard InChI is InChI=1S/C6H15N3S/c1-4-9-5(2)8(3)7-6(9)10/h5-7,10H,4H2,1-3H3. The lowest BCUT2D eigenvalue weighted by molar-refractivity contribution is -0.924. The van der Waals surface area contributed by atoms with Gasteiger partial charge in [0.1, 0.15) is 0 Å². The smallest absolute Gasteiger partial charge is 0.152 e. The molecule has 0 saturated carbocycles. The van der Waals surface area contributed by atoms with E-state index >= 15 is 0 Å². The van der Waals surface area contributed by atoms with E-state index in [2.05, 4.69) is 24.3 Å². The van der Waals surface area contributed by atoms with Crippen molar-refractivity contribution in [3.8, 4) is 0 Å². The van der Waals surface area contributed by atoms with Crippen molar-refractivity contribution in [2.24, 2.45) is 0 Å². The zero-order valence-corrected chi connectivity index (χ0v) is 7.53. The zero-order chi connectivity index (χ0) is 7.72. The summed E-state index contributed by atoms with van der Waals surface area (Å²) in [6.07, 6.45) is 0.507. The van der Waals surface area contributed by atoms with Crippen LogP contribution in [0.5, 0.6) is 0 Å². The van der Waals surface area contributed by atoms with Gasteiger partial charge in [-0.05, 0) is 6.92 Å². The molecule has 60 valence electrons. The summed E-state index contributed by atoms with van der Waals surface area (Å²) >= 11 is 5.19. The molecular formula is C6H15N3S. The van der Waals surface area contributed by atoms with Crippen molar-refractivity contribution in [2.75, 3.05) is 13.6 Å². The highest BCUT2D eigenvalue weighted by Crippen LogP contribution is 1.90. The molecule has 0 radical (unpaired) electrons. The van der Waals surface area contributed by atoms with Crippen LogP contribution in [0.4, 0.5) is 0 Å². The molecule has 0 spiro atoms. The first-order chi connectivity index (χ1) is 4.66. The second kappa shape index (κ2) is 3.09. The highest BCUT2D eigenvalue weighted by atomic mass is 32.1. The minimum absolute atomic E-state index is 0.157. The van der Waals surface area contributed by atoms with E-state index in [-0.39, 0.29) is 5.50 Å². The Bertz CT molecular complexity index is 120. The Morgan fingerprint density at radius 1 is 1.70 bits per heavy atom. The van der Waals surface area contributed by atoms with Crippen molar-refractivity contribution < 1.29 is 4.90 Å². The second-order valence-electron chi connectivity index (χ2n) is 2.72. The van der Waals surface area contributed by atoms with Gasteiger partial charge < -0.3 is 17.5 Å². The van der Waals surface area contributed by atoms with E-state index in [0.29, 0.717) is 6.17 Å². The third-order valence-electron chi connectivity index (χ3n) is 2.18. The van der Waals surface area contributed by atoms with Crippen LogP contribution in [0, 0.1) is 0 Å². The van der Waals surface area contributed by atoms with Gasteiger partial charge in [0.05, 0.1) is 6.54 Å². The van der Waals surface area contributed by atoms with Crippen molar-refractivity contribution in [1.82, 2.24) is 10.4 Å². The number of quaternary nitrogens is 1. The molecule has 3 unspecified atom stereocenters. The van der Waals surface area contributed by atoms with Gasteiger partial charge in [-0.25, -0.2) is 5.43 Å². The monoisotopic (exact) mass is 161 g/mol. The first-order valence-corrected chi connectivity index (χ1v) is 4.14. The van der Waals surface area contributed by atoms with Gasteiger partial charge >= 0.3 is 0 Å². The Morgan fingerprint density at radius 3 is 2.50 bits per heavy atom. The van der Waals surface area contributed by atoms with Crippen LogP contribution >= 0.6 is 0 Å². The van der Waals surface area contributed by atoms with Crippen molar-refractivity contribution in [1.29, 1.82) is 0 Å². The van der Waals surface area contributed by atoms with Gasteiger partial charge in [0.2, 0.25) is 0 Å². The molecule has 0 amide bonds. The largest absolute Gasteiger partial charge is 0.709 e. The topological polar surface area (TPSA) is 19.7 Å². The van der Waals surface area contributed by atoms with Gasteiger partial charge in [-0.15, -0.1) is 0 Å². The van der Waals surface area contributed by atoms with Gasteiger partial charge in [-0.2, -0.15) is 5.01 Å². The third-order valence-corrected chi connectivity index (χ3v) is 2.59. The predicted molar refractivity (Wildman–Crippen MR) is 43.0 cm³/mol. The lowest BCUT2D eigenvalue weighted by Crippen LogP contribution is -3.17. The Balaban J connectivity index is 2.55. The van der Waals surface area contributed by atoms with E-state index in [0.717, 1.165) is 6.54 Å². The van der Waals surface area contributed by atoms with Crippen LogP contribution in [0.3, 0.4) is 0 Å². The minimum atomic E-state index is 0.157. The lowest BCUT2D eigenvalue weighted by atomic mass is 10.5. The first-order valence-electron chi connectivity index (χ1n) is 3.67. The maximum atomic E-state index is 5.19. The van der Waals surface area contributed by atoms with E-state index in [1.54, 1.807) is 0 Å². The highest BCUT2D eigenvalue weighted by Gasteiger charge is 2.29. The third kappa shape index (κ3) is 1.29. The Morgan fingerprint density at radius 2 is 2.30 bits per heavy atom. The van der Waals surface area contributed by atoms with Crippen molar-refractivity contribution in [3.63, 3.8) is 0 Å². The number of hydrazine groups is 1. The summed E-state index contributed by atoms with van der Waals surface area (Å²) in [6, 6.07) is 0. The maximum Gasteiger partial charge on any atom is 0.152 e. The van der Waals surface area contributed by atoms with Gasteiger partial charge in [0.15, 0.2) is 6.17 Å². The second-order valence-corrected chi connectivity index (χ2v) is 3.20. The zero-order valence-electron chi connectivity index (χ0n) is 6.72. The van der Waals surface area contributed by atoms with Crippen LogP contribution in [0.2, 0.25) is 0 Å². The van der Waals surface area contributed by atoms with Crippen molar-refractivity contribution >= 4 is 12.6 Å². The molecule has 0 aromatic heterocycles. The molecule has 10 heavy (non-hydrogen) atoms. The number of hydrogen-bond acceptors (Lipinski definition) is 3. The molecule has 1 rings (SSSR count). The summed E-state index contributed by atoms with van der Waals surface area (Å²) in [7, 11) is 2.03. The molecule has 4 heteroatoms. The van der Waals surface area contributed by atoms with Gasteiger partial charge in [-0.1, -0.05) is 0 Å². The first kappa shape index (κ1) is 8.33. The fourth-order valence-corrected chi connectivity index (χ4v) is 1.86. The van der Waals surface area contributed by atoms with Crippen LogP contribution in [0.1, 0.15) is 13.8 Å². The maximum absolute atomic E-state index is 5.19. The minimum Gasteiger partial charge on any atom is -0.709 e. The van der Waals surface area contributed by atoms with E-state index < -0.39 is 0 Å². The van der Waals surface area contributed by atoms with Gasteiger partial charge in [0, 0.05) is 19.5 Å². The molecule has 0 bridgehead atoms. The van der Waals surface area contributed by atoms with E-state index in [1.165, 1.54) is 4.90 Å². The van der Waals surface area contributed by atoms with Gasteiger partial charge in [0.25, 0.3) is 0 Å². The van der Waals surface area contributed by atoms with E-state index in [1.807, 2.05) is 7.05 Å². The fourth-order valence-electron chi connectivity index (χ4n) is 1.33. The van der Waals surface area contributed by atoms with E-state index in [4.69, 9.17) is 12.6 Å². The number of nitrogens with zero attached hydrogens (tertiary/aromatic N) is 1. The molecule has 1 aliphatic heterocycles. The molecule has 2 N–H and O–H groups in total. The molecular weight excluding hydrogens is 146 g/mol. The van der Waals surface area contributed by atoms with Crippen LogP contribution in [0.25, 0.3) is 0 Å². The number of nitrogens with one attached hydrogen (secondary N) is 2. The Kier molecular flexibility index (Phi) is 2.57. The highest BCUT2D eigenvalue weighted by molar-refractivity contribution is 7.59. The average molecular weight is 161 g/mol. The molecule has 3 atom stereocenters. The van der Waals surface area contributed by atoms with Crippen molar-refractivity contribution in [3.05, 3.63) is 0 Å². The summed E-state index contributed by atoms with van der Waals surface area (Å²) in [4.78, 5) is 1.43. The average Bonchev–Trinajstić information content (AvgIpc) is 2.09. The summed E-state index contributed by atoms with van der Waals surface area (Å²) in [6.45, 7) is 5.43. The summed E-state index contributed by atoms with van der Waals surface area (Å²) < 4.78 is 0. The molecule has 1 heterocycles. The van der Waals surface area contributed by atoms with Gasteiger partial charge in [-0.3, -0.25) is 0 Å². The SMILES string of the molecule is CC[NH+]1C([S-])NN(C)C1C. The Labute approximate surface area is 67.8 Å².